The summed E-state index contributed by atoms with van der Waals surface area (Å²) >= 11 is 0. The van der Waals surface area contributed by atoms with Crippen LogP contribution in [0.25, 0.3) is 11.6 Å². The lowest BCUT2D eigenvalue weighted by Gasteiger charge is -2.19. The third kappa shape index (κ3) is 6.15. The molecule has 0 radical (unpaired) electrons. The first-order valence-corrected chi connectivity index (χ1v) is 13.7. The Morgan fingerprint density at radius 1 is 0.956 bits per heavy atom. The SMILES string of the molecule is O=C1Nc2ccc(NC(=O)[C@H](NC(=O)c3cccn(Cc4ccc(F)c(F)c4)c3=O)c3ccccc3)cc2C1=Cc1cnc[nH]1. The van der Waals surface area contributed by atoms with Gasteiger partial charge < -0.3 is 25.5 Å². The highest BCUT2D eigenvalue weighted by Crippen LogP contribution is 2.35. The van der Waals surface area contributed by atoms with Crippen LogP contribution in [0.2, 0.25) is 0 Å². The molecule has 10 nitrogen and oxygen atoms in total. The van der Waals surface area contributed by atoms with Crippen LogP contribution in [0, 0.1) is 11.6 Å². The number of imidazole rings is 1. The highest BCUT2D eigenvalue weighted by Gasteiger charge is 2.27. The lowest BCUT2D eigenvalue weighted by atomic mass is 10.0. The van der Waals surface area contributed by atoms with Crippen molar-refractivity contribution in [2.75, 3.05) is 10.6 Å². The van der Waals surface area contributed by atoms with Gasteiger partial charge in [0.05, 0.1) is 30.3 Å². The van der Waals surface area contributed by atoms with Crippen molar-refractivity contribution >= 4 is 40.7 Å². The zero-order chi connectivity index (χ0) is 31.5. The van der Waals surface area contributed by atoms with Crippen LogP contribution in [0.5, 0.6) is 0 Å². The number of pyridine rings is 1. The number of H-pyrrole nitrogens is 1. The minimum atomic E-state index is -1.20. The Bertz CT molecular complexity index is 2020. The molecule has 3 heterocycles. The maximum atomic E-state index is 13.7. The van der Waals surface area contributed by atoms with Crippen LogP contribution < -0.4 is 21.5 Å². The summed E-state index contributed by atoms with van der Waals surface area (Å²) in [5, 5.41) is 8.24. The van der Waals surface area contributed by atoms with Gasteiger partial charge in [0.2, 0.25) is 0 Å². The number of benzene rings is 3. The fourth-order valence-corrected chi connectivity index (χ4v) is 4.95. The molecule has 0 spiro atoms. The lowest BCUT2D eigenvalue weighted by Crippen LogP contribution is -2.40. The maximum absolute atomic E-state index is 13.7. The summed E-state index contributed by atoms with van der Waals surface area (Å²) < 4.78 is 28.3. The number of aromatic nitrogens is 3. The van der Waals surface area contributed by atoms with Crippen molar-refractivity contribution in [2.45, 2.75) is 12.6 Å². The molecule has 1 aliphatic heterocycles. The minimum absolute atomic E-state index is 0.105. The molecule has 5 aromatic rings. The number of fused-ring (bicyclic) bond motifs is 1. The van der Waals surface area contributed by atoms with E-state index in [1.807, 2.05) is 0 Å². The fraction of sp³-hybridized carbons (Fsp3) is 0.0606. The standard InChI is InChI=1S/C33H24F2N6O4/c34-26-10-8-19(13-27(26)35)17-41-12-4-7-23(33(41)45)30(42)40-29(20-5-2-1-3-6-20)32(44)38-21-9-11-28-24(14-21)25(31(43)39-28)15-22-16-36-18-37-22/h1-16,18,29H,17H2,(H,36,37)(H,38,44)(H,39,43)(H,40,42)/t29-/m1/s1. The monoisotopic (exact) mass is 606 g/mol. The van der Waals surface area contributed by atoms with Crippen molar-refractivity contribution in [3.63, 3.8) is 0 Å². The van der Waals surface area contributed by atoms with Gasteiger partial charge in [-0.05, 0) is 59.7 Å². The minimum Gasteiger partial charge on any atom is -0.345 e. The Morgan fingerprint density at radius 3 is 2.53 bits per heavy atom. The van der Waals surface area contributed by atoms with Crippen LogP contribution in [0.3, 0.4) is 0 Å². The van der Waals surface area contributed by atoms with Crippen LogP contribution in [-0.4, -0.2) is 32.3 Å². The molecule has 0 bridgehead atoms. The van der Waals surface area contributed by atoms with E-state index < -0.39 is 35.0 Å². The number of nitrogens with zero attached hydrogens (tertiary/aromatic N) is 2. The van der Waals surface area contributed by atoms with Crippen molar-refractivity contribution in [2.24, 2.45) is 0 Å². The highest BCUT2D eigenvalue weighted by molar-refractivity contribution is 6.35. The lowest BCUT2D eigenvalue weighted by molar-refractivity contribution is -0.118. The van der Waals surface area contributed by atoms with E-state index in [-0.39, 0.29) is 18.0 Å². The van der Waals surface area contributed by atoms with Crippen molar-refractivity contribution in [1.82, 2.24) is 19.9 Å². The number of aromatic amines is 1. The van der Waals surface area contributed by atoms with Crippen molar-refractivity contribution < 1.29 is 23.2 Å². The smallest absolute Gasteiger partial charge is 0.263 e. The third-order valence-corrected chi connectivity index (χ3v) is 7.16. The van der Waals surface area contributed by atoms with Gasteiger partial charge in [0, 0.05) is 23.1 Å². The summed E-state index contributed by atoms with van der Waals surface area (Å²) in [4.78, 5) is 59.8. The van der Waals surface area contributed by atoms with Gasteiger partial charge in [-0.25, -0.2) is 13.8 Å². The number of nitrogens with one attached hydrogen (secondary N) is 4. The Kier molecular flexibility index (Phi) is 7.85. The summed E-state index contributed by atoms with van der Waals surface area (Å²) in [6.45, 7) is -0.105. The predicted octanol–water partition coefficient (Wildman–Crippen LogP) is 4.50. The number of anilines is 2. The number of rotatable bonds is 8. The van der Waals surface area contributed by atoms with Crippen molar-refractivity contribution in [3.8, 4) is 0 Å². The molecular formula is C33H24F2N6O4. The predicted molar refractivity (Wildman–Crippen MR) is 163 cm³/mol. The van der Waals surface area contributed by atoms with E-state index in [9.17, 15) is 28.0 Å². The van der Waals surface area contributed by atoms with E-state index >= 15 is 0 Å². The second-order valence-corrected chi connectivity index (χ2v) is 10.2. The quantitative estimate of drug-likeness (QED) is 0.193. The maximum Gasteiger partial charge on any atom is 0.263 e. The van der Waals surface area contributed by atoms with Crippen LogP contribution in [-0.2, 0) is 16.1 Å². The molecule has 12 heteroatoms. The van der Waals surface area contributed by atoms with Gasteiger partial charge in [-0.1, -0.05) is 36.4 Å². The van der Waals surface area contributed by atoms with Crippen LogP contribution in [0.4, 0.5) is 20.2 Å². The second-order valence-electron chi connectivity index (χ2n) is 10.2. The Hall–Kier alpha value is -6.17. The van der Waals surface area contributed by atoms with Gasteiger partial charge in [-0.2, -0.15) is 0 Å². The summed E-state index contributed by atoms with van der Waals surface area (Å²) in [6.07, 6.45) is 6.13. The first-order chi connectivity index (χ1) is 21.8. The molecule has 3 aromatic carbocycles. The first-order valence-electron chi connectivity index (χ1n) is 13.7. The molecule has 4 N–H and O–H groups in total. The normalized spacial score (nSPS) is 13.6. The van der Waals surface area contributed by atoms with Gasteiger partial charge in [0.15, 0.2) is 11.6 Å². The molecule has 0 fully saturated rings. The summed E-state index contributed by atoms with van der Waals surface area (Å²) in [5.74, 6) is -3.78. The number of hydrogen-bond donors (Lipinski definition) is 4. The third-order valence-electron chi connectivity index (χ3n) is 7.16. The van der Waals surface area contributed by atoms with Gasteiger partial charge in [-0.15, -0.1) is 0 Å². The molecule has 45 heavy (non-hydrogen) atoms. The largest absolute Gasteiger partial charge is 0.345 e. The summed E-state index contributed by atoms with van der Waals surface area (Å²) in [7, 11) is 0. The number of amides is 3. The Labute approximate surface area is 254 Å². The van der Waals surface area contributed by atoms with Crippen molar-refractivity contribution in [3.05, 3.63) is 148 Å². The Morgan fingerprint density at radius 2 is 1.78 bits per heavy atom. The van der Waals surface area contributed by atoms with E-state index in [0.717, 1.165) is 12.1 Å². The van der Waals surface area contributed by atoms with Gasteiger partial charge in [0.25, 0.3) is 23.3 Å². The van der Waals surface area contributed by atoms with Crippen LogP contribution in [0.1, 0.15) is 38.8 Å². The average molecular weight is 607 g/mol. The molecule has 0 unspecified atom stereocenters. The molecule has 1 atom stereocenters. The van der Waals surface area contributed by atoms with Gasteiger partial charge >= 0.3 is 0 Å². The molecule has 3 amide bonds. The van der Waals surface area contributed by atoms with Crippen molar-refractivity contribution in [1.29, 1.82) is 0 Å². The van der Waals surface area contributed by atoms with E-state index in [4.69, 9.17) is 0 Å². The average Bonchev–Trinajstić information content (AvgIpc) is 3.66. The van der Waals surface area contributed by atoms with Gasteiger partial charge in [0.1, 0.15) is 11.6 Å². The first kappa shape index (κ1) is 28.9. The molecule has 224 valence electrons. The van der Waals surface area contributed by atoms with E-state index in [1.54, 1.807) is 60.8 Å². The number of carbonyl (C=O) groups is 3. The van der Waals surface area contributed by atoms with E-state index in [0.29, 0.717) is 39.3 Å². The van der Waals surface area contributed by atoms with E-state index in [1.165, 1.54) is 35.3 Å². The molecular weight excluding hydrogens is 582 g/mol. The molecule has 0 saturated heterocycles. The highest BCUT2D eigenvalue weighted by atomic mass is 19.2. The second kappa shape index (κ2) is 12.2. The zero-order valence-electron chi connectivity index (χ0n) is 23.4. The molecule has 6 rings (SSSR count). The van der Waals surface area contributed by atoms with Crippen LogP contribution >= 0.6 is 0 Å². The van der Waals surface area contributed by atoms with Crippen LogP contribution in [0.15, 0.2) is 102 Å². The summed E-state index contributed by atoms with van der Waals surface area (Å²) in [6, 6.07) is 18.3. The topological polar surface area (TPSA) is 138 Å². The van der Waals surface area contributed by atoms with Gasteiger partial charge in [-0.3, -0.25) is 19.2 Å². The number of halogens is 2. The molecule has 2 aromatic heterocycles. The summed E-state index contributed by atoms with van der Waals surface area (Å²) in [5.41, 5.74) is 2.36. The zero-order valence-corrected chi connectivity index (χ0v) is 23.4. The molecule has 0 saturated carbocycles. The fourth-order valence-electron chi connectivity index (χ4n) is 4.95. The van der Waals surface area contributed by atoms with E-state index in [2.05, 4.69) is 25.9 Å². The number of hydrogen-bond acceptors (Lipinski definition) is 5. The Balaban J connectivity index is 1.25. The molecule has 0 aliphatic carbocycles. The number of carbonyl (C=O) groups excluding carboxylic acids is 3. The molecule has 1 aliphatic rings.